The number of methoxy groups -OCH3 is 4. The van der Waals surface area contributed by atoms with Gasteiger partial charge in [-0.15, -0.1) is 0 Å². The van der Waals surface area contributed by atoms with Crippen molar-refractivity contribution in [3.05, 3.63) is 35.4 Å². The lowest BCUT2D eigenvalue weighted by molar-refractivity contribution is 0.0719. The molecule has 1 rings (SSSR count). The Hall–Kier alpha value is -2.40. The number of benzene rings is 1. The van der Waals surface area contributed by atoms with Crippen LogP contribution in [0.3, 0.4) is 0 Å². The van der Waals surface area contributed by atoms with Crippen molar-refractivity contribution >= 4 is 12.1 Å². The van der Waals surface area contributed by atoms with Gasteiger partial charge in [-0.2, -0.15) is 0 Å². The summed E-state index contributed by atoms with van der Waals surface area (Å²) in [6.07, 6.45) is 0. The number of urea groups is 2. The van der Waals surface area contributed by atoms with Gasteiger partial charge in [-0.05, 0) is 11.1 Å². The van der Waals surface area contributed by atoms with E-state index in [1.807, 2.05) is 24.3 Å². The van der Waals surface area contributed by atoms with E-state index >= 15 is 0 Å². The number of carbonyl (C=O) groups excluding carboxylic acids is 2. The molecule has 2 N–H and O–H groups in total. The molecule has 0 aliphatic carbocycles. The second-order valence-corrected chi connectivity index (χ2v) is 5.88. The third kappa shape index (κ3) is 8.53. The van der Waals surface area contributed by atoms with E-state index in [-0.39, 0.29) is 39.0 Å². The molecule has 10 nitrogen and oxygen atoms in total. The Kier molecular flexibility index (Phi) is 11.6. The molecule has 0 heterocycles. The number of hydrogen-bond donors (Lipinski definition) is 2. The molecule has 4 amide bonds. The van der Waals surface area contributed by atoms with Crippen LogP contribution in [0.1, 0.15) is 11.1 Å². The minimum Gasteiger partial charge on any atom is -0.364 e. The van der Waals surface area contributed by atoms with Crippen molar-refractivity contribution in [3.63, 3.8) is 0 Å². The van der Waals surface area contributed by atoms with Crippen LogP contribution in [0.15, 0.2) is 24.3 Å². The predicted molar refractivity (Wildman–Crippen MR) is 102 cm³/mol. The first kappa shape index (κ1) is 23.6. The molecular formula is C18H30N4O6. The molecule has 10 heteroatoms. The molecular weight excluding hydrogens is 368 g/mol. The zero-order valence-electron chi connectivity index (χ0n) is 16.9. The molecule has 0 aliphatic heterocycles. The van der Waals surface area contributed by atoms with Crippen molar-refractivity contribution < 1.29 is 28.5 Å². The molecule has 28 heavy (non-hydrogen) atoms. The summed E-state index contributed by atoms with van der Waals surface area (Å²) in [5.74, 6) is 0. The molecule has 0 aliphatic rings. The number of carbonyl (C=O) groups is 2. The summed E-state index contributed by atoms with van der Waals surface area (Å²) in [5.41, 5.74) is 1.80. The van der Waals surface area contributed by atoms with E-state index in [9.17, 15) is 9.59 Å². The quantitative estimate of drug-likeness (QED) is 0.512. The van der Waals surface area contributed by atoms with Crippen molar-refractivity contribution in [1.82, 2.24) is 20.4 Å². The maximum absolute atomic E-state index is 12.2. The van der Waals surface area contributed by atoms with Gasteiger partial charge in [0.15, 0.2) is 0 Å². The zero-order valence-corrected chi connectivity index (χ0v) is 16.9. The first-order valence-electron chi connectivity index (χ1n) is 8.64. The van der Waals surface area contributed by atoms with Gasteiger partial charge >= 0.3 is 12.1 Å². The van der Waals surface area contributed by atoms with Crippen LogP contribution in [0.4, 0.5) is 9.59 Å². The number of rotatable bonds is 12. The van der Waals surface area contributed by atoms with Gasteiger partial charge in [0.1, 0.15) is 26.9 Å². The Morgan fingerprint density at radius 2 is 1.21 bits per heavy atom. The summed E-state index contributed by atoms with van der Waals surface area (Å²) in [4.78, 5) is 27.4. The average molecular weight is 398 g/mol. The van der Waals surface area contributed by atoms with Crippen LogP contribution in [0, 0.1) is 0 Å². The maximum atomic E-state index is 12.2. The molecule has 1 aromatic carbocycles. The zero-order chi connectivity index (χ0) is 20.8. The molecule has 158 valence electrons. The van der Waals surface area contributed by atoms with Crippen molar-refractivity contribution in [2.45, 2.75) is 13.1 Å². The molecule has 0 saturated heterocycles. The molecule has 0 aromatic heterocycles. The van der Waals surface area contributed by atoms with Gasteiger partial charge in [0.05, 0.1) is 0 Å². The van der Waals surface area contributed by atoms with Crippen LogP contribution in [-0.2, 0) is 32.0 Å². The Morgan fingerprint density at radius 3 is 1.57 bits per heavy atom. The molecule has 0 fully saturated rings. The topological polar surface area (TPSA) is 102 Å². The second-order valence-electron chi connectivity index (χ2n) is 5.88. The molecule has 0 unspecified atom stereocenters. The number of amides is 4. The van der Waals surface area contributed by atoms with E-state index in [0.29, 0.717) is 13.1 Å². The summed E-state index contributed by atoms with van der Waals surface area (Å²) in [5, 5.41) is 5.26. The second kappa shape index (κ2) is 13.7. The Balaban J connectivity index is 2.81. The van der Waals surface area contributed by atoms with Crippen molar-refractivity contribution in [2.24, 2.45) is 0 Å². The molecule has 0 spiro atoms. The summed E-state index contributed by atoms with van der Waals surface area (Å²) >= 11 is 0. The highest BCUT2D eigenvalue weighted by atomic mass is 16.5. The number of hydrogen-bond acceptors (Lipinski definition) is 6. The third-order valence-electron chi connectivity index (χ3n) is 3.62. The van der Waals surface area contributed by atoms with Crippen LogP contribution < -0.4 is 10.6 Å². The largest absolute Gasteiger partial charge is 0.364 e. The highest BCUT2D eigenvalue weighted by Gasteiger charge is 2.16. The van der Waals surface area contributed by atoms with Gasteiger partial charge in [-0.25, -0.2) is 9.59 Å². The van der Waals surface area contributed by atoms with E-state index in [1.165, 1.54) is 38.2 Å². The Labute approximate surface area is 165 Å². The van der Waals surface area contributed by atoms with Gasteiger partial charge in [0.2, 0.25) is 0 Å². The number of ether oxygens (including phenoxy) is 4. The molecule has 1 aromatic rings. The van der Waals surface area contributed by atoms with Gasteiger partial charge < -0.3 is 29.6 Å². The lowest BCUT2D eigenvalue weighted by Crippen LogP contribution is -2.41. The molecule has 0 atom stereocenters. The highest BCUT2D eigenvalue weighted by molar-refractivity contribution is 5.74. The SMILES string of the molecule is COCNC(=O)N(COC)Cc1cccc(CN(COC)C(=O)NCOC)c1. The van der Waals surface area contributed by atoms with Gasteiger partial charge in [-0.1, -0.05) is 24.3 Å². The smallest absolute Gasteiger partial charge is 0.321 e. The fourth-order valence-electron chi connectivity index (χ4n) is 2.42. The maximum Gasteiger partial charge on any atom is 0.321 e. The van der Waals surface area contributed by atoms with Crippen molar-refractivity contribution in [2.75, 3.05) is 55.4 Å². The van der Waals surface area contributed by atoms with E-state index in [2.05, 4.69) is 10.6 Å². The predicted octanol–water partition coefficient (Wildman–Crippen LogP) is 1.13. The average Bonchev–Trinajstić information content (AvgIpc) is 2.69. The van der Waals surface area contributed by atoms with Gasteiger partial charge in [0, 0.05) is 41.5 Å². The highest BCUT2D eigenvalue weighted by Crippen LogP contribution is 2.12. The summed E-state index contributed by atoms with van der Waals surface area (Å²) in [7, 11) is 6.04. The lowest BCUT2D eigenvalue weighted by atomic mass is 10.1. The van der Waals surface area contributed by atoms with Crippen LogP contribution >= 0.6 is 0 Å². The Bertz CT molecular complexity index is 554. The molecule has 0 bridgehead atoms. The summed E-state index contributed by atoms with van der Waals surface area (Å²) < 4.78 is 19.9. The summed E-state index contributed by atoms with van der Waals surface area (Å²) in [6, 6.07) is 7.02. The Morgan fingerprint density at radius 1 is 0.786 bits per heavy atom. The monoisotopic (exact) mass is 398 g/mol. The molecule has 0 saturated carbocycles. The van der Waals surface area contributed by atoms with Crippen LogP contribution in [0.5, 0.6) is 0 Å². The van der Waals surface area contributed by atoms with E-state index in [4.69, 9.17) is 18.9 Å². The number of nitrogens with one attached hydrogen (secondary N) is 2. The number of nitrogens with zero attached hydrogens (tertiary/aromatic N) is 2. The fourth-order valence-corrected chi connectivity index (χ4v) is 2.42. The standard InChI is InChI=1S/C18H30N4O6/c1-25-11-19-17(23)21(13-27-3)9-15-6-5-7-16(8-15)10-22(14-28-4)18(24)20-12-26-2/h5-8H,9-14H2,1-4H3,(H,19,23)(H,20,24). The first-order chi connectivity index (χ1) is 13.5. The van der Waals surface area contributed by atoms with Crippen molar-refractivity contribution in [1.29, 1.82) is 0 Å². The molecule has 0 radical (unpaired) electrons. The minimum atomic E-state index is -0.297. The summed E-state index contributed by atoms with van der Waals surface area (Å²) in [6.45, 7) is 1.18. The van der Waals surface area contributed by atoms with Crippen LogP contribution in [0.25, 0.3) is 0 Å². The fraction of sp³-hybridized carbons (Fsp3) is 0.556. The minimum absolute atomic E-state index is 0.113. The van der Waals surface area contributed by atoms with Crippen LogP contribution in [0.2, 0.25) is 0 Å². The first-order valence-corrected chi connectivity index (χ1v) is 8.64. The lowest BCUT2D eigenvalue weighted by Gasteiger charge is -2.24. The van der Waals surface area contributed by atoms with E-state index in [1.54, 1.807) is 0 Å². The van der Waals surface area contributed by atoms with Crippen LogP contribution in [-0.4, -0.2) is 77.2 Å². The van der Waals surface area contributed by atoms with E-state index in [0.717, 1.165) is 11.1 Å². The van der Waals surface area contributed by atoms with Crippen molar-refractivity contribution in [3.8, 4) is 0 Å². The van der Waals surface area contributed by atoms with Gasteiger partial charge in [0.25, 0.3) is 0 Å². The van der Waals surface area contributed by atoms with E-state index < -0.39 is 0 Å². The normalized spacial score (nSPS) is 10.4. The van der Waals surface area contributed by atoms with Gasteiger partial charge in [-0.3, -0.25) is 9.80 Å². The third-order valence-corrected chi connectivity index (χ3v) is 3.62.